The molecule has 0 amide bonds. The quantitative estimate of drug-likeness (QED) is 0.466. The van der Waals surface area contributed by atoms with Gasteiger partial charge in [-0.15, -0.1) is 0 Å². The van der Waals surface area contributed by atoms with Gasteiger partial charge in [-0.05, 0) is 40.2 Å². The van der Waals surface area contributed by atoms with Gasteiger partial charge in [-0.25, -0.2) is 9.79 Å². The summed E-state index contributed by atoms with van der Waals surface area (Å²) in [6, 6.07) is 14.9. The van der Waals surface area contributed by atoms with Gasteiger partial charge in [0.2, 0.25) is 11.8 Å². The van der Waals surface area contributed by atoms with Crippen LogP contribution in [0.25, 0.3) is 17.0 Å². The number of carbonyl (C=O) groups is 2. The van der Waals surface area contributed by atoms with Crippen molar-refractivity contribution in [2.75, 3.05) is 0 Å². The number of halogens is 1. The van der Waals surface area contributed by atoms with Crippen molar-refractivity contribution in [1.82, 2.24) is 4.57 Å². The van der Waals surface area contributed by atoms with E-state index >= 15 is 0 Å². The highest BCUT2D eigenvalue weighted by Gasteiger charge is 2.25. The highest BCUT2D eigenvalue weighted by atomic mass is 79.9. The lowest BCUT2D eigenvalue weighted by molar-refractivity contribution is -0.129. The lowest BCUT2D eigenvalue weighted by Crippen LogP contribution is -2.05. The van der Waals surface area contributed by atoms with Crippen LogP contribution in [0.5, 0.6) is 0 Å². The van der Waals surface area contributed by atoms with Gasteiger partial charge in [0.05, 0.1) is 11.1 Å². The van der Waals surface area contributed by atoms with Crippen molar-refractivity contribution >= 4 is 50.7 Å². The zero-order valence-corrected chi connectivity index (χ0v) is 15.4. The summed E-state index contributed by atoms with van der Waals surface area (Å²) in [5.74, 6) is -0.364. The highest BCUT2D eigenvalue weighted by Crippen LogP contribution is 2.27. The van der Waals surface area contributed by atoms with Gasteiger partial charge >= 0.3 is 5.97 Å². The van der Waals surface area contributed by atoms with Gasteiger partial charge in [0.1, 0.15) is 0 Å². The summed E-state index contributed by atoms with van der Waals surface area (Å²) in [5.41, 5.74) is 2.42. The highest BCUT2D eigenvalue weighted by molar-refractivity contribution is 9.10. The van der Waals surface area contributed by atoms with Crippen molar-refractivity contribution in [2.45, 2.75) is 6.92 Å². The predicted molar refractivity (Wildman–Crippen MR) is 103 cm³/mol. The molecule has 0 unspecified atom stereocenters. The zero-order chi connectivity index (χ0) is 18.3. The maximum Gasteiger partial charge on any atom is 0.363 e. The summed E-state index contributed by atoms with van der Waals surface area (Å²) >= 11 is 3.43. The molecule has 0 bridgehead atoms. The first kappa shape index (κ1) is 16.5. The minimum atomic E-state index is -0.518. The molecule has 0 atom stereocenters. The van der Waals surface area contributed by atoms with Crippen LogP contribution in [0, 0.1) is 0 Å². The number of para-hydroxylation sites is 1. The van der Waals surface area contributed by atoms with Crippen molar-refractivity contribution in [3.63, 3.8) is 0 Å². The number of hydrogen-bond acceptors (Lipinski definition) is 4. The van der Waals surface area contributed by atoms with Gasteiger partial charge in [-0.3, -0.25) is 9.36 Å². The number of aromatic nitrogens is 1. The Hall–Kier alpha value is -2.99. The molecule has 6 heteroatoms. The Kier molecular flexibility index (Phi) is 4.05. The largest absolute Gasteiger partial charge is 0.402 e. The Labute approximate surface area is 157 Å². The van der Waals surface area contributed by atoms with E-state index in [1.54, 1.807) is 16.8 Å². The first-order valence-electron chi connectivity index (χ1n) is 7.93. The second-order valence-electron chi connectivity index (χ2n) is 5.81. The monoisotopic (exact) mass is 408 g/mol. The lowest BCUT2D eigenvalue weighted by atomic mass is 10.1. The molecule has 26 heavy (non-hydrogen) atoms. The number of nitrogens with zero attached hydrogens (tertiary/aromatic N) is 2. The van der Waals surface area contributed by atoms with E-state index in [1.165, 1.54) is 6.92 Å². The van der Waals surface area contributed by atoms with Crippen LogP contribution in [0.15, 0.2) is 69.9 Å². The number of carbonyl (C=O) groups excluding carboxylic acids is 2. The third-order valence-corrected chi connectivity index (χ3v) is 4.79. The molecule has 0 aliphatic carbocycles. The molecular weight excluding hydrogens is 396 g/mol. The molecule has 4 rings (SSSR count). The molecule has 128 valence electrons. The summed E-state index contributed by atoms with van der Waals surface area (Å²) in [6.45, 7) is 1.50. The Bertz CT molecular complexity index is 1130. The van der Waals surface area contributed by atoms with Crippen LogP contribution in [-0.4, -0.2) is 22.3 Å². The van der Waals surface area contributed by atoms with Crippen molar-refractivity contribution in [2.24, 2.45) is 4.99 Å². The van der Waals surface area contributed by atoms with Gasteiger partial charge < -0.3 is 4.74 Å². The van der Waals surface area contributed by atoms with Gasteiger partial charge in [-0.1, -0.05) is 30.3 Å². The maximum atomic E-state index is 12.3. The van der Waals surface area contributed by atoms with Gasteiger partial charge in [0.25, 0.3) is 0 Å². The van der Waals surface area contributed by atoms with Crippen LogP contribution in [-0.2, 0) is 9.53 Å². The molecule has 5 nitrogen and oxygen atoms in total. The SMILES string of the molecule is CC(=O)n1cc(/C=C2\N=C(c3ccccc3Br)OC2=O)c2ccccc21. The maximum absolute atomic E-state index is 12.3. The van der Waals surface area contributed by atoms with E-state index in [-0.39, 0.29) is 17.5 Å². The van der Waals surface area contributed by atoms with E-state index in [2.05, 4.69) is 20.9 Å². The van der Waals surface area contributed by atoms with Crippen molar-refractivity contribution in [3.8, 4) is 0 Å². The number of aliphatic imine (C=N–C) groups is 1. The number of esters is 1. The van der Waals surface area contributed by atoms with Crippen LogP contribution in [0.2, 0.25) is 0 Å². The number of hydrogen-bond donors (Lipinski definition) is 0. The zero-order valence-electron chi connectivity index (χ0n) is 13.8. The van der Waals surface area contributed by atoms with Gasteiger partial charge in [0.15, 0.2) is 5.70 Å². The average molecular weight is 409 g/mol. The molecule has 1 aliphatic heterocycles. The minimum Gasteiger partial charge on any atom is -0.402 e. The molecule has 3 aromatic rings. The number of fused-ring (bicyclic) bond motifs is 1. The molecular formula is C20H13BrN2O3. The third kappa shape index (κ3) is 2.78. The van der Waals surface area contributed by atoms with E-state index in [0.29, 0.717) is 5.56 Å². The topological polar surface area (TPSA) is 60.7 Å². The first-order chi connectivity index (χ1) is 12.5. The second kappa shape index (κ2) is 6.38. The summed E-state index contributed by atoms with van der Waals surface area (Å²) in [4.78, 5) is 28.5. The second-order valence-corrected chi connectivity index (χ2v) is 6.66. The van der Waals surface area contributed by atoms with Gasteiger partial charge in [-0.2, -0.15) is 0 Å². The molecule has 0 saturated heterocycles. The fourth-order valence-corrected chi connectivity index (χ4v) is 3.34. The lowest BCUT2D eigenvalue weighted by Gasteiger charge is -2.01. The molecule has 0 saturated carbocycles. The Balaban J connectivity index is 1.82. The van der Waals surface area contributed by atoms with E-state index in [4.69, 9.17) is 4.74 Å². The first-order valence-corrected chi connectivity index (χ1v) is 8.72. The Morgan fingerprint density at radius 3 is 2.65 bits per heavy atom. The molecule has 0 spiro atoms. The van der Waals surface area contributed by atoms with E-state index in [1.807, 2.05) is 48.5 Å². The molecule has 1 aromatic heterocycles. The molecule has 0 N–H and O–H groups in total. The third-order valence-electron chi connectivity index (χ3n) is 4.10. The predicted octanol–water partition coefficient (Wildman–Crippen LogP) is 4.41. The fourth-order valence-electron chi connectivity index (χ4n) is 2.89. The van der Waals surface area contributed by atoms with Crippen LogP contribution in [0.3, 0.4) is 0 Å². The van der Waals surface area contributed by atoms with E-state index < -0.39 is 5.97 Å². The van der Waals surface area contributed by atoms with E-state index in [9.17, 15) is 9.59 Å². The molecule has 0 fully saturated rings. The van der Waals surface area contributed by atoms with Gasteiger partial charge in [0, 0.05) is 28.5 Å². The summed E-state index contributed by atoms with van der Waals surface area (Å²) in [6.07, 6.45) is 3.35. The number of cyclic esters (lactones) is 1. The van der Waals surface area contributed by atoms with Crippen LogP contribution in [0.1, 0.15) is 22.8 Å². The van der Waals surface area contributed by atoms with Crippen molar-refractivity contribution in [1.29, 1.82) is 0 Å². The average Bonchev–Trinajstić information content (AvgIpc) is 3.17. The normalized spacial score (nSPS) is 15.4. The smallest absolute Gasteiger partial charge is 0.363 e. The molecule has 2 aromatic carbocycles. The molecule has 2 heterocycles. The minimum absolute atomic E-state index is 0.0998. The summed E-state index contributed by atoms with van der Waals surface area (Å²) in [7, 11) is 0. The standard InChI is InChI=1S/C20H13BrN2O3/c1-12(24)23-11-13(14-6-3-5-9-18(14)23)10-17-20(25)26-19(22-17)15-7-2-4-8-16(15)21/h2-11H,1H3/b17-10-. The Morgan fingerprint density at radius 1 is 1.15 bits per heavy atom. The Morgan fingerprint density at radius 2 is 1.88 bits per heavy atom. The van der Waals surface area contributed by atoms with Crippen molar-refractivity contribution < 1.29 is 14.3 Å². The molecule has 0 radical (unpaired) electrons. The summed E-state index contributed by atoms with van der Waals surface area (Å²) < 4.78 is 7.67. The number of ether oxygens (including phenoxy) is 1. The molecule has 1 aliphatic rings. The fraction of sp³-hybridized carbons (Fsp3) is 0.0500. The summed E-state index contributed by atoms with van der Waals surface area (Å²) in [5, 5.41) is 0.868. The van der Waals surface area contributed by atoms with Crippen LogP contribution < -0.4 is 0 Å². The van der Waals surface area contributed by atoms with E-state index in [0.717, 1.165) is 20.9 Å². The van der Waals surface area contributed by atoms with Crippen molar-refractivity contribution in [3.05, 3.63) is 76.0 Å². The van der Waals surface area contributed by atoms with Crippen LogP contribution in [0.4, 0.5) is 0 Å². The number of rotatable bonds is 2. The number of benzene rings is 2. The van der Waals surface area contributed by atoms with Crippen LogP contribution >= 0.6 is 15.9 Å².